The zero-order valence-corrected chi connectivity index (χ0v) is 7.99. The number of amides is 1. The third-order valence-electron chi connectivity index (χ3n) is 1.84. The van der Waals surface area contributed by atoms with Gasteiger partial charge in [-0.25, -0.2) is 0 Å². The van der Waals surface area contributed by atoms with Gasteiger partial charge >= 0.3 is 0 Å². The van der Waals surface area contributed by atoms with E-state index in [9.17, 15) is 9.59 Å². The second kappa shape index (κ2) is 4.57. The number of aromatic nitrogens is 1. The maximum Gasteiger partial charge on any atom is 0.255 e. The Hall–Kier alpha value is -1.62. The highest BCUT2D eigenvalue weighted by Crippen LogP contribution is 1.98. The number of carbonyl (C=O) groups is 1. The zero-order valence-electron chi connectivity index (χ0n) is 7.99. The summed E-state index contributed by atoms with van der Waals surface area (Å²) in [4.78, 5) is 26.3. The number of H-pyrrole nitrogens is 1. The summed E-state index contributed by atoms with van der Waals surface area (Å²) in [5.74, 6) is -0.147. The summed E-state index contributed by atoms with van der Waals surface area (Å²) < 4.78 is 0. The highest BCUT2D eigenvalue weighted by Gasteiger charge is 2.09. The van der Waals surface area contributed by atoms with Gasteiger partial charge in [-0.05, 0) is 6.07 Å². The highest BCUT2D eigenvalue weighted by atomic mass is 16.2. The van der Waals surface area contributed by atoms with Crippen LogP contribution in [0.25, 0.3) is 0 Å². The van der Waals surface area contributed by atoms with E-state index >= 15 is 0 Å². The summed E-state index contributed by atoms with van der Waals surface area (Å²) in [5, 5.41) is 0. The summed E-state index contributed by atoms with van der Waals surface area (Å²) in [5.41, 5.74) is 5.56. The monoisotopic (exact) mass is 195 g/mol. The Labute approximate surface area is 81.5 Å². The molecule has 0 bridgehead atoms. The van der Waals surface area contributed by atoms with Crippen molar-refractivity contribution in [2.45, 2.75) is 0 Å². The van der Waals surface area contributed by atoms with Gasteiger partial charge in [0.1, 0.15) is 0 Å². The van der Waals surface area contributed by atoms with Crippen LogP contribution < -0.4 is 11.3 Å². The normalized spacial score (nSPS) is 9.86. The number of nitrogens with two attached hydrogens (primary N) is 1. The van der Waals surface area contributed by atoms with Gasteiger partial charge in [0.2, 0.25) is 5.56 Å². The lowest BCUT2D eigenvalue weighted by Gasteiger charge is -2.15. The van der Waals surface area contributed by atoms with Crippen LogP contribution in [0.15, 0.2) is 23.1 Å². The fourth-order valence-electron chi connectivity index (χ4n) is 1.06. The number of rotatable bonds is 3. The van der Waals surface area contributed by atoms with Gasteiger partial charge < -0.3 is 15.6 Å². The zero-order chi connectivity index (χ0) is 10.6. The Balaban J connectivity index is 2.79. The van der Waals surface area contributed by atoms with Gasteiger partial charge in [0.05, 0.1) is 5.56 Å². The first-order valence-corrected chi connectivity index (χ1v) is 4.29. The first-order valence-electron chi connectivity index (χ1n) is 4.29. The van der Waals surface area contributed by atoms with Crippen LogP contribution >= 0.6 is 0 Å². The average Bonchev–Trinajstić information content (AvgIpc) is 2.18. The third-order valence-corrected chi connectivity index (χ3v) is 1.84. The molecule has 1 aromatic heterocycles. The van der Waals surface area contributed by atoms with E-state index in [2.05, 4.69) is 4.98 Å². The molecule has 0 aliphatic rings. The number of likely N-dealkylation sites (N-methyl/N-ethyl adjacent to an activating group) is 1. The van der Waals surface area contributed by atoms with E-state index in [1.807, 2.05) is 0 Å². The van der Waals surface area contributed by atoms with Crippen molar-refractivity contribution >= 4 is 5.91 Å². The molecule has 0 aliphatic heterocycles. The fraction of sp³-hybridized carbons (Fsp3) is 0.333. The van der Waals surface area contributed by atoms with Crippen molar-refractivity contribution in [3.05, 3.63) is 34.2 Å². The van der Waals surface area contributed by atoms with Crippen molar-refractivity contribution in [3.63, 3.8) is 0 Å². The van der Waals surface area contributed by atoms with Crippen LogP contribution in [0.4, 0.5) is 0 Å². The van der Waals surface area contributed by atoms with E-state index in [4.69, 9.17) is 5.73 Å². The summed E-state index contributed by atoms with van der Waals surface area (Å²) in [6.07, 6.45) is 1.40. The molecule has 0 aliphatic carbocycles. The van der Waals surface area contributed by atoms with Gasteiger partial charge in [-0.3, -0.25) is 9.59 Å². The average molecular weight is 195 g/mol. The Morgan fingerprint density at radius 3 is 2.79 bits per heavy atom. The van der Waals surface area contributed by atoms with Crippen LogP contribution in [0, 0.1) is 0 Å². The second-order valence-corrected chi connectivity index (χ2v) is 2.96. The van der Waals surface area contributed by atoms with E-state index in [1.165, 1.54) is 23.2 Å². The molecule has 0 radical (unpaired) electrons. The molecule has 0 aromatic carbocycles. The van der Waals surface area contributed by atoms with Gasteiger partial charge in [0.25, 0.3) is 5.91 Å². The summed E-state index contributed by atoms with van der Waals surface area (Å²) >= 11 is 0. The minimum atomic E-state index is -0.219. The smallest absolute Gasteiger partial charge is 0.255 e. The first-order chi connectivity index (χ1) is 6.65. The number of aromatic amines is 1. The van der Waals surface area contributed by atoms with Crippen molar-refractivity contribution in [3.8, 4) is 0 Å². The minimum absolute atomic E-state index is 0.147. The molecule has 1 heterocycles. The quantitative estimate of drug-likeness (QED) is 0.676. The first kappa shape index (κ1) is 10.5. The molecule has 1 aromatic rings. The minimum Gasteiger partial charge on any atom is -0.340 e. The SMILES string of the molecule is CN(CCN)C(=O)c1ccc(=O)[nH]c1. The number of carbonyl (C=O) groups excluding carboxylic acids is 1. The maximum absolute atomic E-state index is 11.6. The summed E-state index contributed by atoms with van der Waals surface area (Å²) in [6.45, 7) is 0.920. The predicted molar refractivity (Wildman–Crippen MR) is 53.1 cm³/mol. The standard InChI is InChI=1S/C9H13N3O2/c1-12(5-4-10)9(14)7-2-3-8(13)11-6-7/h2-3,6H,4-5,10H2,1H3,(H,11,13). The van der Waals surface area contributed by atoms with E-state index < -0.39 is 0 Å². The molecule has 76 valence electrons. The number of hydrogen-bond donors (Lipinski definition) is 2. The molecule has 5 heteroatoms. The Kier molecular flexibility index (Phi) is 3.41. The lowest BCUT2D eigenvalue weighted by molar-refractivity contribution is 0.0798. The molecule has 5 nitrogen and oxygen atoms in total. The van der Waals surface area contributed by atoms with Gasteiger partial charge in [-0.1, -0.05) is 0 Å². The number of nitrogens with one attached hydrogen (secondary N) is 1. The topological polar surface area (TPSA) is 79.2 Å². The third kappa shape index (κ3) is 2.43. The lowest BCUT2D eigenvalue weighted by atomic mass is 10.2. The molecular formula is C9H13N3O2. The van der Waals surface area contributed by atoms with Crippen molar-refractivity contribution in [1.29, 1.82) is 0 Å². The van der Waals surface area contributed by atoms with Crippen LogP contribution in [-0.4, -0.2) is 35.9 Å². The molecule has 0 fully saturated rings. The van der Waals surface area contributed by atoms with Gasteiger partial charge in [-0.2, -0.15) is 0 Å². The molecule has 3 N–H and O–H groups in total. The second-order valence-electron chi connectivity index (χ2n) is 2.96. The van der Waals surface area contributed by atoms with Crippen LogP contribution in [-0.2, 0) is 0 Å². The molecule has 1 rings (SSSR count). The van der Waals surface area contributed by atoms with E-state index in [1.54, 1.807) is 7.05 Å². The Morgan fingerprint density at radius 2 is 2.29 bits per heavy atom. The summed E-state index contributed by atoms with van der Waals surface area (Å²) in [6, 6.07) is 2.82. The molecule has 0 saturated carbocycles. The largest absolute Gasteiger partial charge is 0.340 e. The van der Waals surface area contributed by atoms with Crippen LogP contribution in [0.5, 0.6) is 0 Å². The summed E-state index contributed by atoms with van der Waals surface area (Å²) in [7, 11) is 1.67. The highest BCUT2D eigenvalue weighted by molar-refractivity contribution is 5.93. The number of nitrogens with zero attached hydrogens (tertiary/aromatic N) is 1. The van der Waals surface area contributed by atoms with E-state index in [0.29, 0.717) is 18.7 Å². The molecule has 1 amide bonds. The Morgan fingerprint density at radius 1 is 1.57 bits per heavy atom. The molecule has 0 atom stereocenters. The van der Waals surface area contributed by atoms with Crippen molar-refractivity contribution < 1.29 is 4.79 Å². The van der Waals surface area contributed by atoms with Crippen molar-refractivity contribution in [2.75, 3.05) is 20.1 Å². The van der Waals surface area contributed by atoms with Crippen molar-refractivity contribution in [1.82, 2.24) is 9.88 Å². The Bertz CT molecular complexity index is 352. The van der Waals surface area contributed by atoms with Crippen LogP contribution in [0.3, 0.4) is 0 Å². The number of pyridine rings is 1. The maximum atomic E-state index is 11.6. The van der Waals surface area contributed by atoms with Crippen molar-refractivity contribution in [2.24, 2.45) is 5.73 Å². The molecular weight excluding hydrogens is 182 g/mol. The lowest BCUT2D eigenvalue weighted by Crippen LogP contribution is -2.31. The van der Waals surface area contributed by atoms with E-state index in [0.717, 1.165) is 0 Å². The fourth-order valence-corrected chi connectivity index (χ4v) is 1.06. The van der Waals surface area contributed by atoms with Crippen LogP contribution in [0.1, 0.15) is 10.4 Å². The predicted octanol–water partition coefficient (Wildman–Crippen LogP) is -0.594. The molecule has 14 heavy (non-hydrogen) atoms. The van der Waals surface area contributed by atoms with Gasteiger partial charge in [-0.15, -0.1) is 0 Å². The molecule has 0 unspecified atom stereocenters. The van der Waals surface area contributed by atoms with E-state index in [-0.39, 0.29) is 11.5 Å². The van der Waals surface area contributed by atoms with Crippen LogP contribution in [0.2, 0.25) is 0 Å². The molecule has 0 spiro atoms. The molecule has 0 saturated heterocycles. The number of hydrogen-bond acceptors (Lipinski definition) is 3. The van der Waals surface area contributed by atoms with Gasteiger partial charge in [0.15, 0.2) is 0 Å². The van der Waals surface area contributed by atoms with Gasteiger partial charge in [0, 0.05) is 32.4 Å².